The fraction of sp³-hybridized carbons (Fsp3) is 0.478. The molecule has 7 nitrogen and oxygen atoms in total. The van der Waals surface area contributed by atoms with Crippen molar-refractivity contribution < 1.29 is 14.3 Å². The van der Waals surface area contributed by atoms with Crippen LogP contribution in [0.15, 0.2) is 30.6 Å². The van der Waals surface area contributed by atoms with Gasteiger partial charge in [-0.15, -0.1) is 0 Å². The van der Waals surface area contributed by atoms with E-state index in [-0.39, 0.29) is 36.3 Å². The maximum absolute atomic E-state index is 12.8. The van der Waals surface area contributed by atoms with Gasteiger partial charge in [0.1, 0.15) is 6.10 Å². The number of rotatable bonds is 5. The smallest absolute Gasteiger partial charge is 0.316 e. The van der Waals surface area contributed by atoms with Crippen molar-refractivity contribution in [1.82, 2.24) is 15.3 Å². The van der Waals surface area contributed by atoms with Gasteiger partial charge in [-0.1, -0.05) is 17.7 Å². The molecule has 1 N–H and O–H groups in total. The van der Waals surface area contributed by atoms with Gasteiger partial charge in [0.05, 0.1) is 23.3 Å². The third-order valence-corrected chi connectivity index (χ3v) is 6.38. The summed E-state index contributed by atoms with van der Waals surface area (Å²) in [6.45, 7) is 4.51. The van der Waals surface area contributed by atoms with Crippen LogP contribution in [0, 0.1) is 19.8 Å². The quantitative estimate of drug-likeness (QED) is 0.764. The zero-order chi connectivity index (χ0) is 22.0. The van der Waals surface area contributed by atoms with Crippen molar-refractivity contribution >= 4 is 29.1 Å². The third-order valence-electron chi connectivity index (χ3n) is 6.19. The number of carbonyl (C=O) groups is 2. The van der Waals surface area contributed by atoms with Crippen LogP contribution in [0.5, 0.6) is 6.01 Å². The van der Waals surface area contributed by atoms with Gasteiger partial charge in [0.25, 0.3) is 0 Å². The summed E-state index contributed by atoms with van der Waals surface area (Å²) in [4.78, 5) is 35.2. The number of halogens is 1. The van der Waals surface area contributed by atoms with Crippen LogP contribution in [0.25, 0.3) is 0 Å². The third kappa shape index (κ3) is 5.15. The van der Waals surface area contributed by atoms with Crippen molar-refractivity contribution in [3.05, 3.63) is 46.7 Å². The molecule has 1 saturated heterocycles. The predicted octanol–water partition coefficient (Wildman–Crippen LogP) is 3.61. The minimum Gasteiger partial charge on any atom is -0.460 e. The Labute approximate surface area is 187 Å². The first-order chi connectivity index (χ1) is 14.9. The van der Waals surface area contributed by atoms with Gasteiger partial charge in [-0.05, 0) is 62.8 Å². The molecule has 1 aromatic carbocycles. The Bertz CT molecular complexity index is 958. The van der Waals surface area contributed by atoms with E-state index in [9.17, 15) is 9.59 Å². The van der Waals surface area contributed by atoms with Gasteiger partial charge in [-0.3, -0.25) is 9.59 Å². The first-order valence-electron chi connectivity index (χ1n) is 10.7. The normalized spacial score (nSPS) is 23.6. The highest BCUT2D eigenvalue weighted by Crippen LogP contribution is 2.28. The zero-order valence-electron chi connectivity index (χ0n) is 17.8. The molecule has 0 radical (unpaired) electrons. The van der Waals surface area contributed by atoms with Gasteiger partial charge in [0, 0.05) is 24.7 Å². The Hall–Kier alpha value is -2.67. The van der Waals surface area contributed by atoms with Crippen LogP contribution in [0.2, 0.25) is 5.02 Å². The molecule has 2 fully saturated rings. The summed E-state index contributed by atoms with van der Waals surface area (Å²) in [7, 11) is 0. The number of aromatic nitrogens is 2. The SMILES string of the molecule is Cc1ccc(N2CC(C(=O)NC3CCC(Oc4ncc(Cl)cn4)CC3)CC2=O)cc1C. The maximum Gasteiger partial charge on any atom is 0.316 e. The molecular weight excluding hydrogens is 416 g/mol. The van der Waals surface area contributed by atoms with E-state index in [0.29, 0.717) is 17.6 Å². The second kappa shape index (κ2) is 9.22. The van der Waals surface area contributed by atoms with Crippen LogP contribution in [-0.2, 0) is 9.59 Å². The Morgan fingerprint density at radius 3 is 2.52 bits per heavy atom. The molecule has 0 bridgehead atoms. The lowest BCUT2D eigenvalue weighted by Gasteiger charge is -2.29. The van der Waals surface area contributed by atoms with E-state index in [2.05, 4.69) is 15.3 Å². The van der Waals surface area contributed by atoms with Gasteiger partial charge in [0.15, 0.2) is 0 Å². The number of benzene rings is 1. The molecule has 4 rings (SSSR count). The summed E-state index contributed by atoms with van der Waals surface area (Å²) in [5.41, 5.74) is 3.19. The molecule has 31 heavy (non-hydrogen) atoms. The van der Waals surface area contributed by atoms with Gasteiger partial charge in [-0.25, -0.2) is 9.97 Å². The summed E-state index contributed by atoms with van der Waals surface area (Å²) in [6.07, 6.45) is 6.59. The number of ether oxygens (including phenoxy) is 1. The van der Waals surface area contributed by atoms with Crippen molar-refractivity contribution in [2.75, 3.05) is 11.4 Å². The molecule has 1 saturated carbocycles. The first kappa shape index (κ1) is 21.6. The molecular formula is C23H27ClN4O3. The first-order valence-corrected chi connectivity index (χ1v) is 11.1. The zero-order valence-corrected chi connectivity index (χ0v) is 18.6. The minimum absolute atomic E-state index is 0.00322. The molecule has 1 unspecified atom stereocenters. The highest BCUT2D eigenvalue weighted by atomic mass is 35.5. The minimum atomic E-state index is -0.314. The highest BCUT2D eigenvalue weighted by molar-refractivity contribution is 6.30. The number of nitrogens with zero attached hydrogens (tertiary/aromatic N) is 3. The number of nitrogens with one attached hydrogen (secondary N) is 1. The van der Waals surface area contributed by atoms with Crippen LogP contribution in [0.3, 0.4) is 0 Å². The molecule has 2 aromatic rings. The summed E-state index contributed by atoms with van der Waals surface area (Å²) >= 11 is 5.80. The van der Waals surface area contributed by atoms with E-state index < -0.39 is 0 Å². The van der Waals surface area contributed by atoms with E-state index in [1.165, 1.54) is 18.0 Å². The molecule has 1 aliphatic carbocycles. The molecule has 164 valence electrons. The van der Waals surface area contributed by atoms with E-state index in [1.807, 2.05) is 32.0 Å². The monoisotopic (exact) mass is 442 g/mol. The fourth-order valence-electron chi connectivity index (χ4n) is 4.18. The molecule has 0 spiro atoms. The molecule has 2 heterocycles. The van der Waals surface area contributed by atoms with Crippen molar-refractivity contribution in [2.24, 2.45) is 5.92 Å². The van der Waals surface area contributed by atoms with Gasteiger partial charge in [0.2, 0.25) is 11.8 Å². The second-order valence-electron chi connectivity index (χ2n) is 8.46. The number of carbonyl (C=O) groups excluding carboxylic acids is 2. The van der Waals surface area contributed by atoms with E-state index in [1.54, 1.807) is 4.90 Å². The molecule has 1 atom stereocenters. The summed E-state index contributed by atoms with van der Waals surface area (Å²) in [6, 6.07) is 6.41. The maximum atomic E-state index is 12.8. The Morgan fingerprint density at radius 2 is 1.84 bits per heavy atom. The van der Waals surface area contributed by atoms with Crippen LogP contribution in [0.1, 0.15) is 43.2 Å². The Balaban J connectivity index is 1.27. The van der Waals surface area contributed by atoms with Gasteiger partial charge < -0.3 is 15.0 Å². The Kier molecular flexibility index (Phi) is 6.41. The Morgan fingerprint density at radius 1 is 1.13 bits per heavy atom. The fourth-order valence-corrected chi connectivity index (χ4v) is 4.28. The van der Waals surface area contributed by atoms with Crippen LogP contribution in [-0.4, -0.2) is 40.5 Å². The second-order valence-corrected chi connectivity index (χ2v) is 8.89. The number of anilines is 1. The van der Waals surface area contributed by atoms with Crippen LogP contribution in [0.4, 0.5) is 5.69 Å². The van der Waals surface area contributed by atoms with Crippen molar-refractivity contribution in [2.45, 2.75) is 58.1 Å². The van der Waals surface area contributed by atoms with E-state index in [4.69, 9.17) is 16.3 Å². The lowest BCUT2D eigenvalue weighted by Crippen LogP contribution is -2.43. The van der Waals surface area contributed by atoms with Gasteiger partial charge in [-0.2, -0.15) is 0 Å². The summed E-state index contributed by atoms with van der Waals surface area (Å²) < 4.78 is 5.81. The lowest BCUT2D eigenvalue weighted by molar-refractivity contribution is -0.127. The number of hydrogen-bond acceptors (Lipinski definition) is 5. The predicted molar refractivity (Wildman–Crippen MR) is 118 cm³/mol. The van der Waals surface area contributed by atoms with Crippen LogP contribution < -0.4 is 15.0 Å². The summed E-state index contributed by atoms with van der Waals surface area (Å²) in [5, 5.41) is 3.62. The number of amides is 2. The van der Waals surface area contributed by atoms with Crippen molar-refractivity contribution in [3.8, 4) is 6.01 Å². The standard InChI is InChI=1S/C23H27ClN4O3/c1-14-3-6-19(9-15(14)2)28-13-16(10-21(28)29)22(30)27-18-4-7-20(8-5-18)31-23-25-11-17(24)12-26-23/h3,6,9,11-12,16,18,20H,4-5,7-8,10,13H2,1-2H3,(H,27,30). The largest absolute Gasteiger partial charge is 0.460 e. The van der Waals surface area contributed by atoms with E-state index >= 15 is 0 Å². The number of aryl methyl sites for hydroxylation is 2. The molecule has 8 heteroatoms. The van der Waals surface area contributed by atoms with Crippen molar-refractivity contribution in [3.63, 3.8) is 0 Å². The van der Waals surface area contributed by atoms with Crippen molar-refractivity contribution in [1.29, 1.82) is 0 Å². The van der Waals surface area contributed by atoms with Crippen LogP contribution >= 0.6 is 11.6 Å². The molecule has 2 amide bonds. The van der Waals surface area contributed by atoms with E-state index in [0.717, 1.165) is 36.9 Å². The summed E-state index contributed by atoms with van der Waals surface area (Å²) in [5.74, 6) is -0.348. The molecule has 1 aliphatic heterocycles. The van der Waals surface area contributed by atoms with Gasteiger partial charge >= 0.3 is 6.01 Å². The average molecular weight is 443 g/mol. The average Bonchev–Trinajstić information content (AvgIpc) is 3.15. The lowest BCUT2D eigenvalue weighted by atomic mass is 9.92. The topological polar surface area (TPSA) is 84.4 Å². The molecule has 2 aliphatic rings. The number of hydrogen-bond donors (Lipinski definition) is 1. The highest BCUT2D eigenvalue weighted by Gasteiger charge is 2.36. The molecule has 1 aromatic heterocycles.